The largest absolute Gasteiger partial charge is 0.162 e. The fourth-order valence-corrected chi connectivity index (χ4v) is 6.87. The fraction of sp³-hybridized carbons (Fsp3) is 0.548. The Morgan fingerprint density at radius 3 is 1.38 bits per heavy atom. The summed E-state index contributed by atoms with van der Waals surface area (Å²) in [5, 5.41) is 6.25. The third kappa shape index (κ3) is 4.93. The normalized spacial score (nSPS) is 20.2. The molecule has 5 rings (SSSR count). The summed E-state index contributed by atoms with van der Waals surface area (Å²) >= 11 is 0. The minimum absolute atomic E-state index is 0.721. The molecule has 0 aliphatic heterocycles. The zero-order valence-electron chi connectivity index (χ0n) is 20.1. The summed E-state index contributed by atoms with van der Waals surface area (Å²) in [7, 11) is 1.27. The van der Waals surface area contributed by atoms with E-state index in [-0.39, 0.29) is 0 Å². The summed E-state index contributed by atoms with van der Waals surface area (Å²) in [6.07, 6.45) is 21.3. The van der Waals surface area contributed by atoms with Gasteiger partial charge in [0.1, 0.15) is 0 Å². The molecule has 0 spiro atoms. The van der Waals surface area contributed by atoms with Crippen molar-refractivity contribution in [3.8, 4) is 0 Å². The SMILES string of the molecule is B(c1c2ccccc2c(C2CCCCCCCC2)c2ccccc12)C1CCCCCCC1. The Hall–Kier alpha value is -1.76. The molecule has 3 aromatic rings. The van der Waals surface area contributed by atoms with Gasteiger partial charge >= 0.3 is 0 Å². The van der Waals surface area contributed by atoms with Gasteiger partial charge in [-0.3, -0.25) is 0 Å². The van der Waals surface area contributed by atoms with Crippen LogP contribution >= 0.6 is 0 Å². The number of hydrogen-bond acceptors (Lipinski definition) is 0. The van der Waals surface area contributed by atoms with Gasteiger partial charge in [0.15, 0.2) is 7.28 Å². The van der Waals surface area contributed by atoms with Crippen LogP contribution in [0.4, 0.5) is 0 Å². The first-order valence-electron chi connectivity index (χ1n) is 13.8. The van der Waals surface area contributed by atoms with Crippen LogP contribution < -0.4 is 5.46 Å². The third-order valence-corrected chi connectivity index (χ3v) is 8.57. The molecule has 2 aliphatic carbocycles. The zero-order chi connectivity index (χ0) is 21.6. The van der Waals surface area contributed by atoms with E-state index in [2.05, 4.69) is 48.5 Å². The summed E-state index contributed by atoms with van der Waals surface area (Å²) in [5.74, 6) is 1.58. The third-order valence-electron chi connectivity index (χ3n) is 8.57. The molecule has 0 radical (unpaired) electrons. The van der Waals surface area contributed by atoms with Crippen molar-refractivity contribution >= 4 is 34.3 Å². The number of rotatable bonds is 3. The molecule has 0 bridgehead atoms. The number of hydrogen-bond donors (Lipinski definition) is 0. The second-order valence-corrected chi connectivity index (χ2v) is 10.8. The van der Waals surface area contributed by atoms with Gasteiger partial charge in [0.05, 0.1) is 0 Å². The molecule has 3 aromatic carbocycles. The van der Waals surface area contributed by atoms with Crippen molar-refractivity contribution in [1.82, 2.24) is 0 Å². The van der Waals surface area contributed by atoms with Gasteiger partial charge in [-0.25, -0.2) is 0 Å². The van der Waals surface area contributed by atoms with Gasteiger partial charge in [0.2, 0.25) is 0 Å². The van der Waals surface area contributed by atoms with Crippen LogP contribution in [0.25, 0.3) is 21.5 Å². The summed E-state index contributed by atoms with van der Waals surface area (Å²) < 4.78 is 0. The predicted octanol–water partition coefficient (Wildman–Crippen LogP) is 8.81. The van der Waals surface area contributed by atoms with Crippen molar-refractivity contribution in [2.75, 3.05) is 0 Å². The highest BCUT2D eigenvalue weighted by Crippen LogP contribution is 2.39. The van der Waals surface area contributed by atoms with E-state index in [4.69, 9.17) is 0 Å². The standard InChI is InChI=1S/C31H41B/c1-2-5-9-17-24(16-8-4-1)30-26-20-12-14-22-28(26)31(29-23-15-13-21-27(29)30)32-25-18-10-6-3-7-11-19-25/h12-15,20-25,32H,1-11,16-19H2. The van der Waals surface area contributed by atoms with E-state index in [1.54, 1.807) is 32.6 Å². The molecule has 0 nitrogen and oxygen atoms in total. The predicted molar refractivity (Wildman–Crippen MR) is 144 cm³/mol. The van der Waals surface area contributed by atoms with Gasteiger partial charge in [-0.05, 0) is 45.9 Å². The molecule has 1 heteroatoms. The van der Waals surface area contributed by atoms with Crippen molar-refractivity contribution in [2.45, 2.75) is 108 Å². The minimum atomic E-state index is 0.721. The lowest BCUT2D eigenvalue weighted by atomic mass is 9.53. The molecule has 2 aliphatic rings. The van der Waals surface area contributed by atoms with Crippen molar-refractivity contribution in [3.05, 3.63) is 54.1 Å². The summed E-state index contributed by atoms with van der Waals surface area (Å²) in [4.78, 5) is 0. The molecule has 2 fully saturated rings. The second-order valence-electron chi connectivity index (χ2n) is 10.8. The van der Waals surface area contributed by atoms with Crippen LogP contribution in [0.5, 0.6) is 0 Å². The van der Waals surface area contributed by atoms with Gasteiger partial charge in [-0.15, -0.1) is 0 Å². The van der Waals surface area contributed by atoms with Gasteiger partial charge in [-0.2, -0.15) is 0 Å². The molecule has 0 amide bonds. The molecule has 0 aromatic heterocycles. The first-order chi connectivity index (χ1) is 15.9. The highest BCUT2D eigenvalue weighted by molar-refractivity contribution is 6.62. The topological polar surface area (TPSA) is 0 Å². The van der Waals surface area contributed by atoms with Crippen LogP contribution in [-0.2, 0) is 0 Å². The second kappa shape index (κ2) is 10.9. The van der Waals surface area contributed by atoms with Crippen LogP contribution in [0.2, 0.25) is 5.82 Å². The van der Waals surface area contributed by atoms with Gasteiger partial charge in [0.25, 0.3) is 0 Å². The van der Waals surface area contributed by atoms with E-state index in [1.807, 2.05) is 0 Å². The van der Waals surface area contributed by atoms with Crippen LogP contribution in [0.3, 0.4) is 0 Å². The Balaban J connectivity index is 1.61. The highest BCUT2D eigenvalue weighted by Gasteiger charge is 2.23. The first-order valence-corrected chi connectivity index (χ1v) is 13.8. The van der Waals surface area contributed by atoms with Crippen LogP contribution in [-0.4, -0.2) is 7.28 Å². The van der Waals surface area contributed by atoms with E-state index < -0.39 is 0 Å². The minimum Gasteiger partial charge on any atom is -0.0688 e. The van der Waals surface area contributed by atoms with Crippen molar-refractivity contribution in [3.63, 3.8) is 0 Å². The molecule has 0 unspecified atom stereocenters. The molecule has 32 heavy (non-hydrogen) atoms. The van der Waals surface area contributed by atoms with Crippen molar-refractivity contribution in [1.29, 1.82) is 0 Å². The molecular weight excluding hydrogens is 383 g/mol. The van der Waals surface area contributed by atoms with Gasteiger partial charge in [-0.1, -0.05) is 143 Å². The molecule has 168 valence electrons. The maximum absolute atomic E-state index is 2.45. The highest BCUT2D eigenvalue weighted by atomic mass is 14.2. The first kappa shape index (κ1) is 22.1. The Kier molecular flexibility index (Phi) is 7.52. The summed E-state index contributed by atoms with van der Waals surface area (Å²) in [5.41, 5.74) is 3.33. The van der Waals surface area contributed by atoms with Gasteiger partial charge < -0.3 is 0 Å². The monoisotopic (exact) mass is 424 g/mol. The quantitative estimate of drug-likeness (QED) is 0.291. The molecule has 2 saturated carbocycles. The Morgan fingerprint density at radius 2 is 0.875 bits per heavy atom. The smallest absolute Gasteiger partial charge is 0.0688 e. The van der Waals surface area contributed by atoms with Crippen LogP contribution in [0, 0.1) is 0 Å². The Morgan fingerprint density at radius 1 is 0.469 bits per heavy atom. The van der Waals surface area contributed by atoms with Crippen LogP contribution in [0.15, 0.2) is 48.5 Å². The van der Waals surface area contributed by atoms with Gasteiger partial charge in [0, 0.05) is 0 Å². The molecule has 0 saturated heterocycles. The average molecular weight is 424 g/mol. The number of fused-ring (bicyclic) bond motifs is 2. The number of benzene rings is 3. The fourth-order valence-electron chi connectivity index (χ4n) is 6.87. The summed E-state index contributed by atoms with van der Waals surface area (Å²) in [6, 6.07) is 18.9. The Labute approximate surface area is 196 Å². The lowest BCUT2D eigenvalue weighted by Crippen LogP contribution is -2.23. The molecule has 0 N–H and O–H groups in total. The molecule has 0 atom stereocenters. The summed E-state index contributed by atoms with van der Waals surface area (Å²) in [6.45, 7) is 0. The maximum atomic E-state index is 2.45. The average Bonchev–Trinajstić information content (AvgIpc) is 2.94. The van der Waals surface area contributed by atoms with Crippen molar-refractivity contribution in [2.24, 2.45) is 0 Å². The Bertz CT molecular complexity index is 945. The lowest BCUT2D eigenvalue weighted by Gasteiger charge is -2.25. The molecular formula is C31H41B. The van der Waals surface area contributed by atoms with Crippen molar-refractivity contribution < 1.29 is 0 Å². The van der Waals surface area contributed by atoms with E-state index >= 15 is 0 Å². The molecule has 0 heterocycles. The van der Waals surface area contributed by atoms with E-state index in [9.17, 15) is 0 Å². The van der Waals surface area contributed by atoms with E-state index in [1.165, 1.54) is 104 Å². The maximum Gasteiger partial charge on any atom is 0.162 e. The van der Waals surface area contributed by atoms with E-state index in [0.29, 0.717) is 0 Å². The van der Waals surface area contributed by atoms with E-state index in [0.717, 1.165) is 11.7 Å². The lowest BCUT2D eigenvalue weighted by molar-refractivity contribution is 0.502. The zero-order valence-corrected chi connectivity index (χ0v) is 20.1. The van der Waals surface area contributed by atoms with Crippen LogP contribution in [0.1, 0.15) is 108 Å².